The van der Waals surface area contributed by atoms with Crippen molar-refractivity contribution in [2.24, 2.45) is 0 Å². The molecule has 0 spiro atoms. The molecule has 2 heterocycles. The molecule has 8 heteroatoms. The lowest BCUT2D eigenvalue weighted by atomic mass is 9.95. The molecule has 51 heavy (non-hydrogen) atoms. The van der Waals surface area contributed by atoms with E-state index in [1.807, 2.05) is 12.3 Å². The van der Waals surface area contributed by atoms with E-state index in [-0.39, 0.29) is 30.9 Å². The van der Waals surface area contributed by atoms with Crippen molar-refractivity contribution in [1.82, 2.24) is 9.88 Å². The Morgan fingerprint density at radius 2 is 1.24 bits per heavy atom. The van der Waals surface area contributed by atoms with E-state index in [2.05, 4.69) is 106 Å². The zero-order valence-corrected chi connectivity index (χ0v) is 31.9. The predicted octanol–water partition coefficient (Wildman–Crippen LogP) is 11.8. The Hall–Kier alpha value is -3.84. The van der Waals surface area contributed by atoms with Gasteiger partial charge in [-0.15, -0.1) is 24.8 Å². The molecule has 1 aliphatic heterocycles. The summed E-state index contributed by atoms with van der Waals surface area (Å²) in [6.07, 6.45) is -0.680. The van der Waals surface area contributed by atoms with Crippen molar-refractivity contribution in [3.8, 4) is 22.4 Å². The highest BCUT2D eigenvalue weighted by Crippen LogP contribution is 2.34. The van der Waals surface area contributed by atoms with Crippen LogP contribution in [0, 0.1) is 41.5 Å². The van der Waals surface area contributed by atoms with Gasteiger partial charge in [0.25, 0.3) is 0 Å². The summed E-state index contributed by atoms with van der Waals surface area (Å²) in [7, 11) is 0. The summed E-state index contributed by atoms with van der Waals surface area (Å²) in [6, 6.07) is 27.8. The third kappa shape index (κ3) is 9.34. The fourth-order valence-corrected chi connectivity index (χ4v) is 7.08. The summed E-state index contributed by atoms with van der Waals surface area (Å²) in [6.45, 7) is 16.2. The normalized spacial score (nSPS) is 13.7. The molecular formula is C43H48Cl2F3N3. The third-order valence-electron chi connectivity index (χ3n) is 10.5. The van der Waals surface area contributed by atoms with Crippen molar-refractivity contribution < 1.29 is 13.2 Å². The van der Waals surface area contributed by atoms with E-state index >= 15 is 0 Å². The van der Waals surface area contributed by atoms with Crippen LogP contribution in [0.3, 0.4) is 0 Å². The van der Waals surface area contributed by atoms with Crippen LogP contribution in [-0.4, -0.2) is 29.0 Å². The number of rotatable bonds is 8. The minimum absolute atomic E-state index is 0. The van der Waals surface area contributed by atoms with Crippen molar-refractivity contribution in [3.05, 3.63) is 141 Å². The molecule has 4 aromatic carbocycles. The predicted molar refractivity (Wildman–Crippen MR) is 210 cm³/mol. The standard InChI is InChI=1S/C43H46F3N3.2ClH/c1-28-20-37(21-29(2)32(28)5)36-9-7-8-34(24-36)26-48-18-15-41(16-19-48)49(40-12-10-39(11-13-40)43(44,45)46)27-35-14-17-47-42(25-35)38-22-30(3)33(6)31(4)23-38;;/h7-14,17,20-25,41H,15-16,18-19,26-27H2,1-6H3;2*1H. The second kappa shape index (κ2) is 16.7. The smallest absolute Gasteiger partial charge is 0.364 e. The second-order valence-corrected chi connectivity index (χ2v) is 13.9. The van der Waals surface area contributed by atoms with Gasteiger partial charge < -0.3 is 4.90 Å². The zero-order valence-electron chi connectivity index (χ0n) is 30.3. The summed E-state index contributed by atoms with van der Waals surface area (Å²) < 4.78 is 40.4. The molecule has 0 bridgehead atoms. The van der Waals surface area contributed by atoms with Crippen LogP contribution in [0.5, 0.6) is 0 Å². The Balaban J connectivity index is 0.00000292. The maximum atomic E-state index is 13.5. The van der Waals surface area contributed by atoms with Gasteiger partial charge in [-0.3, -0.25) is 9.88 Å². The van der Waals surface area contributed by atoms with Crippen molar-refractivity contribution in [2.45, 2.75) is 79.7 Å². The molecule has 1 aromatic heterocycles. The SMILES string of the molecule is Cc1cc(-c2cccc(CN3CCC(N(Cc4ccnc(-c5cc(C)c(C)c(C)c5)c4)c4ccc(C(F)(F)F)cc4)CC3)c2)cc(C)c1C.Cl.Cl. The number of pyridine rings is 1. The maximum Gasteiger partial charge on any atom is 0.416 e. The molecule has 0 atom stereocenters. The number of benzene rings is 4. The molecule has 0 aliphatic carbocycles. The number of likely N-dealkylation sites (tertiary alicyclic amines) is 1. The topological polar surface area (TPSA) is 19.4 Å². The van der Waals surface area contributed by atoms with Gasteiger partial charge in [0.1, 0.15) is 0 Å². The lowest BCUT2D eigenvalue weighted by Crippen LogP contribution is -2.44. The third-order valence-corrected chi connectivity index (χ3v) is 10.5. The number of anilines is 1. The molecule has 0 amide bonds. The second-order valence-electron chi connectivity index (χ2n) is 13.9. The van der Waals surface area contributed by atoms with Gasteiger partial charge in [0.2, 0.25) is 0 Å². The molecule has 0 radical (unpaired) electrons. The summed E-state index contributed by atoms with van der Waals surface area (Å²) >= 11 is 0. The van der Waals surface area contributed by atoms with Gasteiger partial charge >= 0.3 is 6.18 Å². The molecule has 270 valence electrons. The van der Waals surface area contributed by atoms with Crippen LogP contribution in [0.15, 0.2) is 91.1 Å². The first-order valence-corrected chi connectivity index (χ1v) is 17.2. The molecule has 0 unspecified atom stereocenters. The number of alkyl halides is 3. The first kappa shape index (κ1) is 39.9. The van der Waals surface area contributed by atoms with Crippen molar-refractivity contribution in [2.75, 3.05) is 18.0 Å². The number of nitrogens with zero attached hydrogens (tertiary/aromatic N) is 3. The van der Waals surface area contributed by atoms with Gasteiger partial charge in [-0.25, -0.2) is 0 Å². The lowest BCUT2D eigenvalue weighted by Gasteiger charge is -2.40. The minimum atomic E-state index is -4.37. The molecule has 5 aromatic rings. The number of aryl methyl sites for hydroxylation is 4. The number of aromatic nitrogens is 1. The minimum Gasteiger partial charge on any atom is -0.364 e. The zero-order chi connectivity index (χ0) is 34.9. The van der Waals surface area contributed by atoms with E-state index in [1.165, 1.54) is 62.2 Å². The summed E-state index contributed by atoms with van der Waals surface area (Å²) in [5, 5.41) is 0. The average molecular weight is 735 g/mol. The molecule has 0 N–H and O–H groups in total. The molecule has 6 rings (SSSR count). The average Bonchev–Trinajstić information content (AvgIpc) is 3.08. The first-order valence-electron chi connectivity index (χ1n) is 17.2. The van der Waals surface area contributed by atoms with Crippen LogP contribution >= 0.6 is 24.8 Å². The molecule has 3 nitrogen and oxygen atoms in total. The van der Waals surface area contributed by atoms with Crippen LogP contribution < -0.4 is 4.90 Å². The highest BCUT2D eigenvalue weighted by molar-refractivity contribution is 5.85. The van der Waals surface area contributed by atoms with Crippen molar-refractivity contribution in [1.29, 1.82) is 0 Å². The van der Waals surface area contributed by atoms with E-state index in [0.29, 0.717) is 6.54 Å². The number of halogens is 5. The Morgan fingerprint density at radius 3 is 1.80 bits per heavy atom. The van der Waals surface area contributed by atoms with Crippen LogP contribution in [0.25, 0.3) is 22.4 Å². The lowest BCUT2D eigenvalue weighted by molar-refractivity contribution is -0.137. The Morgan fingerprint density at radius 1 is 0.667 bits per heavy atom. The van der Waals surface area contributed by atoms with Crippen molar-refractivity contribution >= 4 is 30.5 Å². The van der Waals surface area contributed by atoms with E-state index in [9.17, 15) is 13.2 Å². The van der Waals surface area contributed by atoms with E-state index < -0.39 is 11.7 Å². The summed E-state index contributed by atoms with van der Waals surface area (Å²) in [4.78, 5) is 9.49. The number of piperidine rings is 1. The Bertz CT molecular complexity index is 1900. The summed E-state index contributed by atoms with van der Waals surface area (Å²) in [5.41, 5.74) is 14.7. The summed E-state index contributed by atoms with van der Waals surface area (Å²) in [5.74, 6) is 0. The van der Waals surface area contributed by atoms with Crippen molar-refractivity contribution in [3.63, 3.8) is 0 Å². The highest BCUT2D eigenvalue weighted by atomic mass is 35.5. The van der Waals surface area contributed by atoms with Gasteiger partial charge in [-0.05, 0) is 165 Å². The Labute approximate surface area is 313 Å². The van der Waals surface area contributed by atoms with Gasteiger partial charge in [0, 0.05) is 49.7 Å². The Kier molecular flexibility index (Phi) is 13.1. The maximum absolute atomic E-state index is 13.5. The molecular weight excluding hydrogens is 686 g/mol. The van der Waals surface area contributed by atoms with Gasteiger partial charge in [-0.1, -0.05) is 30.3 Å². The first-order chi connectivity index (χ1) is 23.4. The van der Waals surface area contributed by atoms with E-state index in [4.69, 9.17) is 4.98 Å². The monoisotopic (exact) mass is 733 g/mol. The molecule has 1 aliphatic rings. The van der Waals surface area contributed by atoms with E-state index in [0.717, 1.165) is 55.0 Å². The van der Waals surface area contributed by atoms with Gasteiger partial charge in [0.05, 0.1) is 11.3 Å². The van der Waals surface area contributed by atoms with Crippen LogP contribution in [0.1, 0.15) is 62.9 Å². The molecule has 0 saturated carbocycles. The molecule has 1 fully saturated rings. The van der Waals surface area contributed by atoms with Gasteiger partial charge in [0.15, 0.2) is 0 Å². The molecule has 1 saturated heterocycles. The van der Waals surface area contributed by atoms with Gasteiger partial charge in [-0.2, -0.15) is 13.2 Å². The van der Waals surface area contributed by atoms with Crippen LogP contribution in [0.4, 0.5) is 18.9 Å². The highest BCUT2D eigenvalue weighted by Gasteiger charge is 2.31. The number of hydrogen-bond donors (Lipinski definition) is 0. The van der Waals surface area contributed by atoms with E-state index in [1.54, 1.807) is 12.1 Å². The largest absolute Gasteiger partial charge is 0.416 e. The van der Waals surface area contributed by atoms with Crippen LogP contribution in [-0.2, 0) is 19.3 Å². The fourth-order valence-electron chi connectivity index (χ4n) is 7.08. The van der Waals surface area contributed by atoms with Crippen LogP contribution in [0.2, 0.25) is 0 Å². The number of hydrogen-bond acceptors (Lipinski definition) is 3. The quantitative estimate of drug-likeness (QED) is 0.158. The fraction of sp³-hybridized carbons (Fsp3) is 0.326.